The van der Waals surface area contributed by atoms with Gasteiger partial charge in [0.2, 0.25) is 5.95 Å². The highest BCUT2D eigenvalue weighted by molar-refractivity contribution is 6.04. The van der Waals surface area contributed by atoms with Gasteiger partial charge in [-0.3, -0.25) is 4.79 Å². The molecule has 0 saturated carbocycles. The van der Waals surface area contributed by atoms with Crippen molar-refractivity contribution < 1.29 is 4.79 Å². The monoisotopic (exact) mass is 312 g/mol. The Morgan fingerprint density at radius 1 is 1.22 bits per heavy atom. The lowest BCUT2D eigenvalue weighted by molar-refractivity contribution is 0.102. The standard InChI is InChI=1S/C18H24N4O/c1-5-6-10-22(4)18-19-11-15(12-20-18)17(23)21-16-9-7-8-13(2)14(16)3/h7-9,11-12H,5-6,10H2,1-4H3,(H,21,23). The predicted octanol–water partition coefficient (Wildman–Crippen LogP) is 3.58. The number of nitrogens with one attached hydrogen (secondary N) is 1. The number of hydrogen-bond acceptors (Lipinski definition) is 4. The minimum atomic E-state index is -0.193. The first kappa shape index (κ1) is 16.9. The molecule has 23 heavy (non-hydrogen) atoms. The predicted molar refractivity (Wildman–Crippen MR) is 94.1 cm³/mol. The molecule has 2 aromatic rings. The van der Waals surface area contributed by atoms with Gasteiger partial charge in [0.15, 0.2) is 0 Å². The van der Waals surface area contributed by atoms with E-state index in [4.69, 9.17) is 0 Å². The van der Waals surface area contributed by atoms with Gasteiger partial charge >= 0.3 is 0 Å². The summed E-state index contributed by atoms with van der Waals surface area (Å²) < 4.78 is 0. The number of nitrogens with zero attached hydrogens (tertiary/aromatic N) is 3. The first-order valence-electron chi connectivity index (χ1n) is 7.93. The van der Waals surface area contributed by atoms with Crippen molar-refractivity contribution >= 4 is 17.5 Å². The highest BCUT2D eigenvalue weighted by atomic mass is 16.1. The molecule has 0 aliphatic rings. The molecular formula is C18H24N4O. The van der Waals surface area contributed by atoms with Crippen molar-refractivity contribution in [3.63, 3.8) is 0 Å². The molecule has 0 unspecified atom stereocenters. The molecule has 0 saturated heterocycles. The number of aromatic nitrogens is 2. The van der Waals surface area contributed by atoms with Crippen LogP contribution in [0.1, 0.15) is 41.3 Å². The largest absolute Gasteiger partial charge is 0.344 e. The molecule has 1 amide bonds. The second-order valence-corrected chi connectivity index (χ2v) is 5.75. The van der Waals surface area contributed by atoms with Crippen LogP contribution in [0.5, 0.6) is 0 Å². The van der Waals surface area contributed by atoms with Crippen molar-refractivity contribution in [2.45, 2.75) is 33.6 Å². The molecule has 1 N–H and O–H groups in total. The van der Waals surface area contributed by atoms with Gasteiger partial charge in [-0.25, -0.2) is 9.97 Å². The Morgan fingerprint density at radius 3 is 2.57 bits per heavy atom. The molecule has 2 rings (SSSR count). The van der Waals surface area contributed by atoms with E-state index >= 15 is 0 Å². The zero-order chi connectivity index (χ0) is 16.8. The molecule has 1 aromatic heterocycles. The molecule has 0 atom stereocenters. The maximum atomic E-state index is 12.3. The first-order valence-corrected chi connectivity index (χ1v) is 7.93. The van der Waals surface area contributed by atoms with Crippen LogP contribution < -0.4 is 10.2 Å². The Morgan fingerprint density at radius 2 is 1.91 bits per heavy atom. The lowest BCUT2D eigenvalue weighted by Gasteiger charge is -2.16. The van der Waals surface area contributed by atoms with Crippen molar-refractivity contribution in [1.82, 2.24) is 9.97 Å². The summed E-state index contributed by atoms with van der Waals surface area (Å²) in [6, 6.07) is 5.85. The smallest absolute Gasteiger partial charge is 0.258 e. The van der Waals surface area contributed by atoms with Crippen LogP contribution in [-0.4, -0.2) is 29.5 Å². The Balaban J connectivity index is 2.07. The number of carbonyl (C=O) groups is 1. The Kier molecular flexibility index (Phi) is 5.68. The number of unbranched alkanes of at least 4 members (excludes halogenated alkanes) is 1. The fourth-order valence-corrected chi connectivity index (χ4v) is 2.21. The van der Waals surface area contributed by atoms with Crippen LogP contribution in [0.25, 0.3) is 0 Å². The third-order valence-electron chi connectivity index (χ3n) is 3.94. The minimum Gasteiger partial charge on any atom is -0.344 e. The molecule has 5 nitrogen and oxygen atoms in total. The van der Waals surface area contributed by atoms with E-state index in [0.717, 1.165) is 36.2 Å². The molecule has 0 radical (unpaired) electrons. The van der Waals surface area contributed by atoms with Crippen LogP contribution >= 0.6 is 0 Å². The van der Waals surface area contributed by atoms with Crippen molar-refractivity contribution in [2.24, 2.45) is 0 Å². The second-order valence-electron chi connectivity index (χ2n) is 5.75. The third kappa shape index (κ3) is 4.28. The van der Waals surface area contributed by atoms with Gasteiger partial charge in [0, 0.05) is 31.7 Å². The first-order chi connectivity index (χ1) is 11.0. The van der Waals surface area contributed by atoms with Crippen LogP contribution in [0.4, 0.5) is 11.6 Å². The summed E-state index contributed by atoms with van der Waals surface area (Å²) in [5.41, 5.74) is 3.49. The van der Waals surface area contributed by atoms with E-state index in [2.05, 4.69) is 22.2 Å². The molecular weight excluding hydrogens is 288 g/mol. The van der Waals surface area contributed by atoms with E-state index in [1.807, 2.05) is 44.0 Å². The fraction of sp³-hybridized carbons (Fsp3) is 0.389. The lowest BCUT2D eigenvalue weighted by atomic mass is 10.1. The van der Waals surface area contributed by atoms with E-state index in [-0.39, 0.29) is 5.91 Å². The molecule has 1 aromatic carbocycles. The van der Waals surface area contributed by atoms with E-state index in [1.165, 1.54) is 0 Å². The Hall–Kier alpha value is -2.43. The zero-order valence-electron chi connectivity index (χ0n) is 14.3. The number of rotatable bonds is 6. The van der Waals surface area contributed by atoms with Crippen LogP contribution in [-0.2, 0) is 0 Å². The van der Waals surface area contributed by atoms with Gasteiger partial charge in [-0.15, -0.1) is 0 Å². The van der Waals surface area contributed by atoms with Gasteiger partial charge in [0.05, 0.1) is 5.56 Å². The topological polar surface area (TPSA) is 58.1 Å². The van der Waals surface area contributed by atoms with Crippen LogP contribution in [0, 0.1) is 13.8 Å². The molecule has 122 valence electrons. The summed E-state index contributed by atoms with van der Waals surface area (Å²) in [5, 5.41) is 2.92. The lowest BCUT2D eigenvalue weighted by Crippen LogP contribution is -2.21. The molecule has 0 aliphatic heterocycles. The van der Waals surface area contributed by atoms with Gasteiger partial charge in [0.25, 0.3) is 5.91 Å². The maximum absolute atomic E-state index is 12.3. The molecule has 0 fully saturated rings. The van der Waals surface area contributed by atoms with E-state index < -0.39 is 0 Å². The van der Waals surface area contributed by atoms with Crippen LogP contribution in [0.15, 0.2) is 30.6 Å². The SMILES string of the molecule is CCCCN(C)c1ncc(C(=O)Nc2cccc(C)c2C)cn1. The van der Waals surface area contributed by atoms with E-state index in [0.29, 0.717) is 11.5 Å². The number of aryl methyl sites for hydroxylation is 1. The molecule has 1 heterocycles. The molecule has 0 bridgehead atoms. The zero-order valence-corrected chi connectivity index (χ0v) is 14.3. The summed E-state index contributed by atoms with van der Waals surface area (Å²) in [6.45, 7) is 7.07. The van der Waals surface area contributed by atoms with Gasteiger partial charge in [-0.1, -0.05) is 25.5 Å². The number of anilines is 2. The Labute approximate surface area is 137 Å². The Bertz CT molecular complexity index is 667. The van der Waals surface area contributed by atoms with Crippen LogP contribution in [0.3, 0.4) is 0 Å². The summed E-state index contributed by atoms with van der Waals surface area (Å²) >= 11 is 0. The van der Waals surface area contributed by atoms with Crippen molar-refractivity contribution in [3.05, 3.63) is 47.3 Å². The quantitative estimate of drug-likeness (QED) is 0.885. The van der Waals surface area contributed by atoms with Crippen molar-refractivity contribution in [3.8, 4) is 0 Å². The summed E-state index contributed by atoms with van der Waals surface area (Å²) in [6.07, 6.45) is 5.37. The van der Waals surface area contributed by atoms with Gasteiger partial charge in [-0.2, -0.15) is 0 Å². The van der Waals surface area contributed by atoms with Crippen LogP contribution in [0.2, 0.25) is 0 Å². The van der Waals surface area contributed by atoms with Gasteiger partial charge in [-0.05, 0) is 37.5 Å². The van der Waals surface area contributed by atoms with Gasteiger partial charge < -0.3 is 10.2 Å². The molecule has 0 spiro atoms. The fourth-order valence-electron chi connectivity index (χ4n) is 2.21. The second kappa shape index (κ2) is 7.72. The number of carbonyl (C=O) groups excluding carboxylic acids is 1. The molecule has 0 aliphatic carbocycles. The number of benzene rings is 1. The highest BCUT2D eigenvalue weighted by Crippen LogP contribution is 2.18. The number of hydrogen-bond donors (Lipinski definition) is 1. The summed E-state index contributed by atoms with van der Waals surface area (Å²) in [5.74, 6) is 0.447. The van der Waals surface area contributed by atoms with E-state index in [1.54, 1.807) is 12.4 Å². The average Bonchev–Trinajstić information content (AvgIpc) is 2.57. The number of amides is 1. The summed E-state index contributed by atoms with van der Waals surface area (Å²) in [4.78, 5) is 22.9. The minimum absolute atomic E-state index is 0.193. The van der Waals surface area contributed by atoms with Crippen molar-refractivity contribution in [2.75, 3.05) is 23.8 Å². The van der Waals surface area contributed by atoms with Gasteiger partial charge in [0.1, 0.15) is 0 Å². The average molecular weight is 312 g/mol. The molecule has 5 heteroatoms. The maximum Gasteiger partial charge on any atom is 0.258 e. The van der Waals surface area contributed by atoms with E-state index in [9.17, 15) is 4.79 Å². The third-order valence-corrected chi connectivity index (χ3v) is 3.94. The normalized spacial score (nSPS) is 10.4. The van der Waals surface area contributed by atoms with Crippen molar-refractivity contribution in [1.29, 1.82) is 0 Å². The summed E-state index contributed by atoms with van der Waals surface area (Å²) in [7, 11) is 1.96. The highest BCUT2D eigenvalue weighted by Gasteiger charge is 2.11.